The minimum atomic E-state index is 0.231. The van der Waals surface area contributed by atoms with E-state index in [0.717, 1.165) is 45.6 Å². The summed E-state index contributed by atoms with van der Waals surface area (Å²) < 4.78 is 0. The summed E-state index contributed by atoms with van der Waals surface area (Å²) in [7, 11) is 0. The predicted octanol–water partition coefficient (Wildman–Crippen LogP) is 3.16. The van der Waals surface area contributed by atoms with Crippen LogP contribution in [0.5, 0.6) is 0 Å². The first-order chi connectivity index (χ1) is 13.7. The molecule has 1 aromatic rings. The van der Waals surface area contributed by atoms with Crippen molar-refractivity contribution in [1.29, 1.82) is 0 Å². The smallest absolute Gasteiger partial charge is 0.227 e. The fraction of sp³-hybridized carbons (Fsp3) is 0.739. The first-order valence-electron chi connectivity index (χ1n) is 11.4. The van der Waals surface area contributed by atoms with Crippen LogP contribution in [0.4, 0.5) is 0 Å². The highest BCUT2D eigenvalue weighted by atomic mass is 16.2. The van der Waals surface area contributed by atoms with Crippen molar-refractivity contribution < 1.29 is 4.79 Å². The molecule has 154 valence electrons. The Labute approximate surface area is 170 Å². The monoisotopic (exact) mass is 384 g/mol. The maximum absolute atomic E-state index is 13.1. The molecule has 2 aliphatic heterocycles. The number of aromatic nitrogens is 1. The van der Waals surface area contributed by atoms with Gasteiger partial charge < -0.3 is 4.90 Å². The molecule has 1 aromatic heterocycles. The number of pyridine rings is 1. The van der Waals surface area contributed by atoms with Crippen LogP contribution in [-0.2, 0) is 11.3 Å². The van der Waals surface area contributed by atoms with Crippen molar-refractivity contribution in [3.05, 3.63) is 30.1 Å². The zero-order chi connectivity index (χ0) is 19.3. The Hall–Kier alpha value is -1.46. The molecule has 1 amide bonds. The van der Waals surface area contributed by atoms with Gasteiger partial charge in [-0.3, -0.25) is 19.6 Å². The molecule has 3 aliphatic rings. The van der Waals surface area contributed by atoms with Gasteiger partial charge in [-0.05, 0) is 76.2 Å². The maximum Gasteiger partial charge on any atom is 0.227 e. The van der Waals surface area contributed by atoms with Gasteiger partial charge in [-0.15, -0.1) is 0 Å². The van der Waals surface area contributed by atoms with Gasteiger partial charge in [0.25, 0.3) is 0 Å². The molecule has 2 saturated heterocycles. The molecule has 1 atom stereocenters. The molecule has 0 radical (unpaired) electrons. The molecule has 1 saturated carbocycles. The summed E-state index contributed by atoms with van der Waals surface area (Å²) in [5, 5.41) is 0. The topological polar surface area (TPSA) is 39.7 Å². The molecule has 3 heterocycles. The van der Waals surface area contributed by atoms with Gasteiger partial charge >= 0.3 is 0 Å². The van der Waals surface area contributed by atoms with Crippen LogP contribution >= 0.6 is 0 Å². The van der Waals surface area contributed by atoms with Crippen LogP contribution in [0.25, 0.3) is 0 Å². The molecule has 0 spiro atoms. The molecule has 1 aliphatic carbocycles. The highest BCUT2D eigenvalue weighted by Gasteiger charge is 2.38. The second kappa shape index (κ2) is 9.36. The van der Waals surface area contributed by atoms with E-state index < -0.39 is 0 Å². The van der Waals surface area contributed by atoms with Gasteiger partial charge in [-0.2, -0.15) is 0 Å². The summed E-state index contributed by atoms with van der Waals surface area (Å²) in [4.78, 5) is 24.8. The molecule has 5 heteroatoms. The highest BCUT2D eigenvalue weighted by Crippen LogP contribution is 2.31. The molecule has 0 aromatic carbocycles. The summed E-state index contributed by atoms with van der Waals surface area (Å²) in [6.07, 6.45) is 12.1. The third kappa shape index (κ3) is 4.93. The van der Waals surface area contributed by atoms with Crippen LogP contribution in [0.3, 0.4) is 0 Å². The number of rotatable bonds is 7. The van der Waals surface area contributed by atoms with Gasteiger partial charge in [-0.1, -0.05) is 13.0 Å². The summed E-state index contributed by atoms with van der Waals surface area (Å²) in [5.74, 6) is 0.678. The van der Waals surface area contributed by atoms with E-state index in [2.05, 4.69) is 32.7 Å². The lowest BCUT2D eigenvalue weighted by Gasteiger charge is -2.42. The molecule has 0 unspecified atom stereocenters. The van der Waals surface area contributed by atoms with Crippen molar-refractivity contribution in [2.75, 3.05) is 32.7 Å². The van der Waals surface area contributed by atoms with Crippen molar-refractivity contribution in [3.8, 4) is 0 Å². The minimum absolute atomic E-state index is 0.231. The molecule has 3 fully saturated rings. The van der Waals surface area contributed by atoms with Gasteiger partial charge in [0.2, 0.25) is 5.91 Å². The Morgan fingerprint density at radius 2 is 2.00 bits per heavy atom. The van der Waals surface area contributed by atoms with Crippen LogP contribution in [0, 0.1) is 5.92 Å². The summed E-state index contributed by atoms with van der Waals surface area (Å²) >= 11 is 0. The predicted molar refractivity (Wildman–Crippen MR) is 112 cm³/mol. The Kier molecular flexibility index (Phi) is 6.63. The quantitative estimate of drug-likeness (QED) is 0.724. The Morgan fingerprint density at radius 3 is 2.68 bits per heavy atom. The second-order valence-electron chi connectivity index (χ2n) is 8.97. The van der Waals surface area contributed by atoms with E-state index in [0.29, 0.717) is 18.0 Å². The van der Waals surface area contributed by atoms with E-state index in [1.807, 2.05) is 18.5 Å². The lowest BCUT2D eigenvalue weighted by Crippen LogP contribution is -2.51. The highest BCUT2D eigenvalue weighted by molar-refractivity contribution is 5.79. The zero-order valence-electron chi connectivity index (χ0n) is 17.4. The van der Waals surface area contributed by atoms with Crippen molar-refractivity contribution in [2.45, 2.75) is 70.5 Å². The standard InChI is InChI=1S/C23H36N4O/c1-2-12-27(22-7-8-22)23(28)20-6-4-13-26(18-20)21-9-14-25(15-10-21)17-19-5-3-11-24-16-19/h3,5,11,16,20-22H,2,4,6-10,12-15,17-18H2,1H3/t20-/m0/s1. The molecule has 5 nitrogen and oxygen atoms in total. The van der Waals surface area contributed by atoms with E-state index in [9.17, 15) is 4.79 Å². The maximum atomic E-state index is 13.1. The van der Waals surface area contributed by atoms with Gasteiger partial charge in [0.1, 0.15) is 0 Å². The fourth-order valence-electron chi connectivity index (χ4n) is 5.07. The average molecular weight is 385 g/mol. The third-order valence-corrected chi connectivity index (χ3v) is 6.74. The van der Waals surface area contributed by atoms with Gasteiger partial charge in [0.15, 0.2) is 0 Å². The number of hydrogen-bond donors (Lipinski definition) is 0. The van der Waals surface area contributed by atoms with Gasteiger partial charge in [0.05, 0.1) is 5.92 Å². The van der Waals surface area contributed by atoms with E-state index >= 15 is 0 Å². The number of carbonyl (C=O) groups is 1. The van der Waals surface area contributed by atoms with E-state index in [4.69, 9.17) is 0 Å². The number of piperidine rings is 2. The first-order valence-corrected chi connectivity index (χ1v) is 11.4. The van der Waals surface area contributed by atoms with E-state index in [-0.39, 0.29) is 5.92 Å². The fourth-order valence-corrected chi connectivity index (χ4v) is 5.07. The molecule has 4 rings (SSSR count). The summed E-state index contributed by atoms with van der Waals surface area (Å²) in [6.45, 7) is 8.61. The number of likely N-dealkylation sites (tertiary alicyclic amines) is 2. The van der Waals surface area contributed by atoms with Crippen LogP contribution in [0.1, 0.15) is 57.4 Å². The molecule has 0 N–H and O–H groups in total. The van der Waals surface area contributed by atoms with E-state index in [1.54, 1.807) is 0 Å². The first kappa shape index (κ1) is 19.8. The number of amides is 1. The Balaban J connectivity index is 1.27. The van der Waals surface area contributed by atoms with Crippen molar-refractivity contribution in [3.63, 3.8) is 0 Å². The molecule has 28 heavy (non-hydrogen) atoms. The molecular weight excluding hydrogens is 348 g/mol. The third-order valence-electron chi connectivity index (χ3n) is 6.74. The Morgan fingerprint density at radius 1 is 1.18 bits per heavy atom. The van der Waals surface area contributed by atoms with Crippen LogP contribution in [-0.4, -0.2) is 70.4 Å². The van der Waals surface area contributed by atoms with Gasteiger partial charge in [-0.25, -0.2) is 0 Å². The average Bonchev–Trinajstić information content (AvgIpc) is 3.58. The van der Waals surface area contributed by atoms with Crippen molar-refractivity contribution in [2.24, 2.45) is 5.92 Å². The van der Waals surface area contributed by atoms with E-state index in [1.165, 1.54) is 44.2 Å². The van der Waals surface area contributed by atoms with Crippen LogP contribution < -0.4 is 0 Å². The van der Waals surface area contributed by atoms with Crippen LogP contribution in [0.2, 0.25) is 0 Å². The SMILES string of the molecule is CCCN(C(=O)[C@H]1CCCN(C2CCN(Cc3cccnc3)CC2)C1)C1CC1. The number of hydrogen-bond acceptors (Lipinski definition) is 4. The summed E-state index contributed by atoms with van der Waals surface area (Å²) in [6, 6.07) is 5.40. The van der Waals surface area contributed by atoms with Gasteiger partial charge in [0, 0.05) is 44.1 Å². The lowest BCUT2D eigenvalue weighted by atomic mass is 9.92. The molecular formula is C23H36N4O. The number of nitrogens with zero attached hydrogens (tertiary/aromatic N) is 4. The minimum Gasteiger partial charge on any atom is -0.339 e. The van der Waals surface area contributed by atoms with Crippen LogP contribution in [0.15, 0.2) is 24.5 Å². The van der Waals surface area contributed by atoms with Crippen molar-refractivity contribution in [1.82, 2.24) is 19.7 Å². The lowest BCUT2D eigenvalue weighted by molar-refractivity contribution is -0.138. The molecule has 0 bridgehead atoms. The van der Waals surface area contributed by atoms with Crippen molar-refractivity contribution >= 4 is 5.91 Å². The largest absolute Gasteiger partial charge is 0.339 e. The normalized spacial score (nSPS) is 25.0. The second-order valence-corrected chi connectivity index (χ2v) is 8.97. The Bertz CT molecular complexity index is 625. The summed E-state index contributed by atoms with van der Waals surface area (Å²) in [5.41, 5.74) is 1.31. The zero-order valence-corrected chi connectivity index (χ0v) is 17.4. The number of carbonyl (C=O) groups excluding carboxylic acids is 1.